The molecule has 0 fully saturated rings. The van der Waals surface area contributed by atoms with Crippen LogP contribution in [0, 0.1) is 5.92 Å². The molecule has 0 aliphatic rings. The predicted molar refractivity (Wildman–Crippen MR) is 97.4 cm³/mol. The molecule has 0 saturated heterocycles. The number of methoxy groups -OCH3 is 1. The maximum absolute atomic E-state index is 12.0. The number of carbonyl (C=O) groups excluding carboxylic acids is 1. The molecule has 2 aromatic rings. The average molecular weight is 383 g/mol. The van der Waals surface area contributed by atoms with Crippen molar-refractivity contribution in [2.24, 2.45) is 5.92 Å². The van der Waals surface area contributed by atoms with E-state index in [9.17, 15) is 9.59 Å². The number of H-pyrrole nitrogens is 1. The molecular weight excluding hydrogens is 358 g/mol. The number of aliphatic hydroxyl groups excluding tert-OH is 1. The third kappa shape index (κ3) is 6.79. The summed E-state index contributed by atoms with van der Waals surface area (Å²) in [5.41, 5.74) is 0.157. The van der Waals surface area contributed by atoms with Crippen molar-refractivity contribution in [3.63, 3.8) is 0 Å². The van der Waals surface area contributed by atoms with E-state index in [0.29, 0.717) is 18.6 Å². The summed E-state index contributed by atoms with van der Waals surface area (Å²) < 4.78 is 6.80. The second kappa shape index (κ2) is 10.4. The van der Waals surface area contributed by atoms with E-state index >= 15 is 0 Å². The maximum atomic E-state index is 12.0. The highest BCUT2D eigenvalue weighted by molar-refractivity contribution is 5.91. The van der Waals surface area contributed by atoms with Crippen molar-refractivity contribution >= 4 is 29.0 Å². The Bertz CT molecular complexity index is 820. The lowest BCUT2D eigenvalue weighted by molar-refractivity contribution is -0.134. The number of anilines is 1. The topological polar surface area (TPSA) is 159 Å². The number of nitrogens with zero attached hydrogens (tertiary/aromatic N) is 3. The molecule has 0 radical (unpaired) electrons. The molecule has 0 saturated carbocycles. The average Bonchev–Trinajstić information content (AvgIpc) is 2.99. The second-order valence-corrected chi connectivity index (χ2v) is 6.02. The lowest BCUT2D eigenvalue weighted by atomic mass is 10.2. The van der Waals surface area contributed by atoms with Crippen LogP contribution in [-0.2, 0) is 20.9 Å². The Kier molecular flexibility index (Phi) is 8.56. The van der Waals surface area contributed by atoms with Gasteiger partial charge < -0.3 is 19.5 Å². The number of nitrogens with one attached hydrogen (secondary N) is 2. The fourth-order valence-electron chi connectivity index (χ4n) is 2.00. The third-order valence-electron chi connectivity index (χ3n) is 3.47. The number of carboxylic acids is 1. The summed E-state index contributed by atoms with van der Waals surface area (Å²) in [5.74, 6) is -1.21. The van der Waals surface area contributed by atoms with Crippen molar-refractivity contribution in [3.05, 3.63) is 16.7 Å². The van der Waals surface area contributed by atoms with Crippen molar-refractivity contribution in [2.45, 2.75) is 39.8 Å². The largest absolute Gasteiger partial charge is 0.481 e. The summed E-state index contributed by atoms with van der Waals surface area (Å²) in [7, 11) is 1.52. The van der Waals surface area contributed by atoms with E-state index in [0.717, 1.165) is 6.92 Å². The molecule has 2 rings (SSSR count). The molecule has 0 aromatic carbocycles. The minimum atomic E-state index is -0.833. The summed E-state index contributed by atoms with van der Waals surface area (Å²) in [4.78, 5) is 43.6. The molecule has 4 N–H and O–H groups in total. The highest BCUT2D eigenvalue weighted by Gasteiger charge is 2.14. The molecule has 0 spiro atoms. The van der Waals surface area contributed by atoms with Gasteiger partial charge in [0.15, 0.2) is 11.2 Å². The number of aliphatic carboxylic acids is 1. The fourth-order valence-corrected chi connectivity index (χ4v) is 2.00. The van der Waals surface area contributed by atoms with Crippen LogP contribution in [0.3, 0.4) is 0 Å². The third-order valence-corrected chi connectivity index (χ3v) is 3.47. The lowest BCUT2D eigenvalue weighted by Crippen LogP contribution is -2.22. The van der Waals surface area contributed by atoms with Gasteiger partial charge in [-0.05, 0) is 6.42 Å². The van der Waals surface area contributed by atoms with Crippen molar-refractivity contribution in [3.8, 4) is 0 Å². The Hall–Kier alpha value is -2.79. The van der Waals surface area contributed by atoms with E-state index in [2.05, 4.69) is 20.3 Å². The monoisotopic (exact) mass is 383 g/mol. The highest BCUT2D eigenvalue weighted by Crippen LogP contribution is 2.10. The number of aryl methyl sites for hydroxylation is 1. The molecule has 1 amide bonds. The van der Waals surface area contributed by atoms with Gasteiger partial charge in [-0.15, -0.1) is 0 Å². The van der Waals surface area contributed by atoms with Crippen LogP contribution in [0.25, 0.3) is 11.2 Å². The Labute approximate surface area is 155 Å². The van der Waals surface area contributed by atoms with Gasteiger partial charge in [0.25, 0.3) is 11.5 Å². The zero-order chi connectivity index (χ0) is 20.6. The Balaban J connectivity index is 0.000000828. The quantitative estimate of drug-likeness (QED) is 0.527. The van der Waals surface area contributed by atoms with E-state index in [-0.39, 0.29) is 36.0 Å². The van der Waals surface area contributed by atoms with Crippen molar-refractivity contribution in [2.75, 3.05) is 19.0 Å². The van der Waals surface area contributed by atoms with Gasteiger partial charge in [0.05, 0.1) is 19.0 Å². The number of carbonyl (C=O) groups is 2. The summed E-state index contributed by atoms with van der Waals surface area (Å²) in [5, 5.41) is 19.1. The van der Waals surface area contributed by atoms with E-state index in [1.165, 1.54) is 13.4 Å². The lowest BCUT2D eigenvalue weighted by Gasteiger charge is -2.12. The number of amides is 1. The number of aromatic amines is 1. The predicted octanol–water partition coefficient (Wildman–Crippen LogP) is 0.202. The SMILES string of the molecule is CC(=O)O.COC(CO)CCn1cnc2c(=O)[nH]c(NC(=O)C(C)C)nc21. The molecule has 0 bridgehead atoms. The Morgan fingerprint density at radius 3 is 2.56 bits per heavy atom. The summed E-state index contributed by atoms with van der Waals surface area (Å²) >= 11 is 0. The van der Waals surface area contributed by atoms with Gasteiger partial charge in [0.1, 0.15) is 0 Å². The molecule has 150 valence electrons. The standard InChI is InChI=1S/C14H21N5O4.C2H4O2/c1-8(2)12(21)17-14-16-11-10(13(22)18-14)15-7-19(11)5-4-9(6-20)23-3;1-2(3)4/h7-9,20H,4-6H2,1-3H3,(H2,16,17,18,21,22);1H3,(H,3,4). The number of aromatic nitrogens is 4. The van der Waals surface area contributed by atoms with Crippen molar-refractivity contribution < 1.29 is 24.5 Å². The summed E-state index contributed by atoms with van der Waals surface area (Å²) in [6.45, 7) is 4.96. The van der Waals surface area contributed by atoms with Crippen LogP contribution in [0.1, 0.15) is 27.2 Å². The molecule has 2 aromatic heterocycles. The molecule has 2 heterocycles. The number of aliphatic hydroxyl groups is 1. The first-order chi connectivity index (χ1) is 12.7. The van der Waals surface area contributed by atoms with Crippen LogP contribution in [0.15, 0.2) is 11.1 Å². The first kappa shape index (κ1) is 22.3. The smallest absolute Gasteiger partial charge is 0.300 e. The van der Waals surface area contributed by atoms with E-state index in [1.54, 1.807) is 18.4 Å². The summed E-state index contributed by atoms with van der Waals surface area (Å²) in [6.07, 6.45) is 1.75. The summed E-state index contributed by atoms with van der Waals surface area (Å²) in [6, 6.07) is 0. The number of carboxylic acid groups (broad SMARTS) is 1. The molecule has 1 atom stereocenters. The van der Waals surface area contributed by atoms with Crippen LogP contribution >= 0.6 is 0 Å². The zero-order valence-corrected chi connectivity index (χ0v) is 15.7. The maximum Gasteiger partial charge on any atom is 0.300 e. The first-order valence-electron chi connectivity index (χ1n) is 8.28. The van der Waals surface area contributed by atoms with Gasteiger partial charge in [-0.2, -0.15) is 4.98 Å². The number of hydrogen-bond acceptors (Lipinski definition) is 7. The molecule has 0 aliphatic carbocycles. The van der Waals surface area contributed by atoms with Gasteiger partial charge in [-0.25, -0.2) is 4.98 Å². The number of imidazole rings is 1. The van der Waals surface area contributed by atoms with Crippen LogP contribution in [0.2, 0.25) is 0 Å². The Morgan fingerprint density at radius 2 is 2.04 bits per heavy atom. The van der Waals surface area contributed by atoms with Gasteiger partial charge in [0, 0.05) is 26.5 Å². The highest BCUT2D eigenvalue weighted by atomic mass is 16.5. The van der Waals surface area contributed by atoms with Gasteiger partial charge >= 0.3 is 0 Å². The fraction of sp³-hybridized carbons (Fsp3) is 0.562. The minimum Gasteiger partial charge on any atom is -0.481 e. The van der Waals surface area contributed by atoms with Crippen LogP contribution < -0.4 is 10.9 Å². The van der Waals surface area contributed by atoms with E-state index in [4.69, 9.17) is 19.7 Å². The van der Waals surface area contributed by atoms with Gasteiger partial charge in [-0.3, -0.25) is 24.7 Å². The minimum absolute atomic E-state index is 0.0904. The van der Waals surface area contributed by atoms with Crippen molar-refractivity contribution in [1.82, 2.24) is 19.5 Å². The number of hydrogen-bond donors (Lipinski definition) is 4. The van der Waals surface area contributed by atoms with Gasteiger partial charge in [0.2, 0.25) is 11.9 Å². The van der Waals surface area contributed by atoms with Crippen molar-refractivity contribution in [1.29, 1.82) is 0 Å². The molecule has 27 heavy (non-hydrogen) atoms. The molecule has 11 heteroatoms. The second-order valence-electron chi connectivity index (χ2n) is 6.02. The van der Waals surface area contributed by atoms with Gasteiger partial charge in [-0.1, -0.05) is 13.8 Å². The number of fused-ring (bicyclic) bond motifs is 1. The normalized spacial score (nSPS) is 11.8. The van der Waals surface area contributed by atoms with Crippen LogP contribution in [0.5, 0.6) is 0 Å². The molecule has 0 aliphatic heterocycles. The number of ether oxygens (including phenoxy) is 1. The van der Waals surface area contributed by atoms with Crippen LogP contribution in [-0.4, -0.2) is 61.4 Å². The zero-order valence-electron chi connectivity index (χ0n) is 15.7. The molecule has 11 nitrogen and oxygen atoms in total. The first-order valence-corrected chi connectivity index (χ1v) is 8.28. The Morgan fingerprint density at radius 1 is 1.41 bits per heavy atom. The number of rotatable bonds is 7. The molecular formula is C16H25N5O6. The van der Waals surface area contributed by atoms with Crippen LogP contribution in [0.4, 0.5) is 5.95 Å². The van der Waals surface area contributed by atoms with E-state index < -0.39 is 11.5 Å². The molecule has 1 unspecified atom stereocenters. The van der Waals surface area contributed by atoms with E-state index in [1.807, 2.05) is 0 Å².